The number of nitrogens with zero attached hydrogens (tertiary/aromatic N) is 1. The van der Waals surface area contributed by atoms with E-state index in [0.717, 1.165) is 62.9 Å². The molecule has 3 aliphatic rings. The summed E-state index contributed by atoms with van der Waals surface area (Å²) < 4.78 is 33.9. The second-order valence-corrected chi connectivity index (χ2v) is 13.9. The van der Waals surface area contributed by atoms with E-state index < -0.39 is 22.0 Å². The standard InChI is InChI=1S/C30H39ClN2O5S/c1-30-14-13-24(30)19-33-15-5-4-7-21-17-25(31)11-9-23(21)20-38-27-12-10-22(18-26(27)33)29(35)32-39(36,37)16-6-2-3-8-28(30)34/h9-12,17-18,24,28,34H,2-8,13-16,19-20H2,1H3,(H,32,35)/t24-,28-,30-/m0/s1. The van der Waals surface area contributed by atoms with E-state index in [4.69, 9.17) is 16.3 Å². The predicted molar refractivity (Wildman–Crippen MR) is 154 cm³/mol. The molecule has 7 nitrogen and oxygen atoms in total. The van der Waals surface area contributed by atoms with Crippen molar-refractivity contribution in [3.63, 3.8) is 0 Å². The van der Waals surface area contributed by atoms with Crippen molar-refractivity contribution in [2.24, 2.45) is 11.3 Å². The van der Waals surface area contributed by atoms with Crippen LogP contribution in [0.1, 0.15) is 79.8 Å². The lowest BCUT2D eigenvalue weighted by Gasteiger charge is -2.52. The highest BCUT2D eigenvalue weighted by Crippen LogP contribution is 2.51. The quantitative estimate of drug-likeness (QED) is 0.433. The molecule has 0 unspecified atom stereocenters. The number of aryl methyl sites for hydroxylation is 1. The molecule has 0 aromatic heterocycles. The monoisotopic (exact) mass is 574 g/mol. The summed E-state index contributed by atoms with van der Waals surface area (Å²) in [5, 5.41) is 11.9. The van der Waals surface area contributed by atoms with E-state index in [1.807, 2.05) is 18.2 Å². The van der Waals surface area contributed by atoms with Crippen molar-refractivity contribution in [1.82, 2.24) is 4.72 Å². The number of aliphatic hydroxyl groups is 1. The highest BCUT2D eigenvalue weighted by Gasteiger charge is 2.48. The van der Waals surface area contributed by atoms with E-state index in [1.54, 1.807) is 18.2 Å². The minimum absolute atomic E-state index is 0.113. The van der Waals surface area contributed by atoms with E-state index in [0.29, 0.717) is 42.6 Å². The molecule has 5 rings (SSSR count). The number of aliphatic hydroxyl groups excluding tert-OH is 1. The molecule has 3 atom stereocenters. The first-order valence-corrected chi connectivity index (χ1v) is 16.2. The molecule has 0 spiro atoms. The lowest BCUT2D eigenvalue weighted by molar-refractivity contribution is -0.0756. The average molecular weight is 575 g/mol. The van der Waals surface area contributed by atoms with E-state index in [9.17, 15) is 18.3 Å². The highest BCUT2D eigenvalue weighted by molar-refractivity contribution is 7.90. The van der Waals surface area contributed by atoms with Gasteiger partial charge in [0.05, 0.1) is 17.5 Å². The van der Waals surface area contributed by atoms with Gasteiger partial charge in [0.15, 0.2) is 0 Å². The molecule has 2 bridgehead atoms. The van der Waals surface area contributed by atoms with Crippen molar-refractivity contribution in [3.8, 4) is 5.75 Å². The van der Waals surface area contributed by atoms with Crippen LogP contribution >= 0.6 is 11.6 Å². The maximum Gasteiger partial charge on any atom is 0.264 e. The van der Waals surface area contributed by atoms with Gasteiger partial charge in [0, 0.05) is 23.7 Å². The van der Waals surface area contributed by atoms with Gasteiger partial charge in [0.25, 0.3) is 5.91 Å². The van der Waals surface area contributed by atoms with E-state index in [2.05, 4.69) is 16.5 Å². The van der Waals surface area contributed by atoms with Crippen molar-refractivity contribution in [3.05, 3.63) is 58.1 Å². The van der Waals surface area contributed by atoms with E-state index >= 15 is 0 Å². The number of halogens is 1. The van der Waals surface area contributed by atoms with Crippen LogP contribution < -0.4 is 14.4 Å². The highest BCUT2D eigenvalue weighted by atomic mass is 35.5. The first kappa shape index (κ1) is 28.2. The lowest BCUT2D eigenvalue weighted by atomic mass is 9.57. The Morgan fingerprint density at radius 1 is 1.05 bits per heavy atom. The number of carbonyl (C=O) groups excluding carboxylic acids is 1. The number of hydrogen-bond donors (Lipinski definition) is 2. The van der Waals surface area contributed by atoms with Crippen molar-refractivity contribution >= 4 is 33.2 Å². The topological polar surface area (TPSA) is 95.9 Å². The van der Waals surface area contributed by atoms with Crippen molar-refractivity contribution in [2.45, 2.75) is 77.4 Å². The van der Waals surface area contributed by atoms with Gasteiger partial charge in [-0.15, -0.1) is 0 Å². The van der Waals surface area contributed by atoms with Gasteiger partial charge >= 0.3 is 0 Å². The Balaban J connectivity index is 1.53. The van der Waals surface area contributed by atoms with Crippen LogP contribution in [0, 0.1) is 11.3 Å². The summed E-state index contributed by atoms with van der Waals surface area (Å²) in [4.78, 5) is 15.3. The number of nitrogens with one attached hydrogen (secondary N) is 1. The lowest BCUT2D eigenvalue weighted by Crippen LogP contribution is -2.51. The van der Waals surface area contributed by atoms with Crippen LogP contribution in [0.2, 0.25) is 5.02 Å². The first-order chi connectivity index (χ1) is 18.6. The third-order valence-electron chi connectivity index (χ3n) is 9.04. The van der Waals surface area contributed by atoms with Crippen molar-refractivity contribution < 1.29 is 23.1 Å². The molecular formula is C30H39ClN2O5S. The first-order valence-electron chi connectivity index (χ1n) is 14.2. The smallest absolute Gasteiger partial charge is 0.264 e. The summed E-state index contributed by atoms with van der Waals surface area (Å²) >= 11 is 6.29. The Bertz CT molecular complexity index is 1320. The van der Waals surface area contributed by atoms with Crippen molar-refractivity contribution in [2.75, 3.05) is 23.7 Å². The number of ether oxygens (including phenoxy) is 1. The Labute approximate surface area is 236 Å². The van der Waals surface area contributed by atoms with Gasteiger partial charge in [-0.25, -0.2) is 13.1 Å². The number of benzene rings is 2. The maximum absolute atomic E-state index is 13.1. The zero-order valence-corrected chi connectivity index (χ0v) is 24.2. The summed E-state index contributed by atoms with van der Waals surface area (Å²) in [6.45, 7) is 4.06. The molecule has 0 radical (unpaired) electrons. The normalized spacial score (nSPS) is 28.0. The SMILES string of the molecule is C[C@]12CC[C@H]1CN1CCCCc3cc(Cl)ccc3COc3ccc(cc31)C(=O)NS(=O)(=O)CCCCC[C@@H]2O. The summed E-state index contributed by atoms with van der Waals surface area (Å²) in [6, 6.07) is 11.1. The number of carbonyl (C=O) groups is 1. The van der Waals surface area contributed by atoms with Crippen LogP contribution in [-0.2, 0) is 23.1 Å². The van der Waals surface area contributed by atoms with Crippen LogP contribution in [0.15, 0.2) is 36.4 Å². The average Bonchev–Trinajstić information content (AvgIpc) is 2.92. The van der Waals surface area contributed by atoms with E-state index in [1.165, 1.54) is 5.56 Å². The van der Waals surface area contributed by atoms with Crippen LogP contribution in [0.25, 0.3) is 0 Å². The number of anilines is 1. The third kappa shape index (κ3) is 6.39. The molecule has 212 valence electrons. The fourth-order valence-electron chi connectivity index (χ4n) is 6.28. The Morgan fingerprint density at radius 2 is 1.90 bits per heavy atom. The van der Waals surface area contributed by atoms with Crippen LogP contribution in [0.4, 0.5) is 5.69 Å². The molecule has 1 aliphatic carbocycles. The van der Waals surface area contributed by atoms with Gasteiger partial charge in [-0.1, -0.05) is 37.4 Å². The molecular weight excluding hydrogens is 536 g/mol. The van der Waals surface area contributed by atoms with Crippen molar-refractivity contribution in [1.29, 1.82) is 0 Å². The minimum atomic E-state index is -3.76. The second-order valence-electron chi connectivity index (χ2n) is 11.6. The molecule has 1 amide bonds. The van der Waals surface area contributed by atoms with Crippen LogP contribution in [-0.4, -0.2) is 44.4 Å². The molecule has 2 N–H and O–H groups in total. The number of hydrogen-bond acceptors (Lipinski definition) is 6. The van der Waals surface area contributed by atoms with E-state index in [-0.39, 0.29) is 16.7 Å². The molecule has 1 saturated carbocycles. The summed E-state index contributed by atoms with van der Waals surface area (Å²) in [6.07, 6.45) is 6.97. The Morgan fingerprint density at radius 3 is 2.69 bits per heavy atom. The number of rotatable bonds is 0. The fourth-order valence-corrected chi connectivity index (χ4v) is 7.56. The molecule has 1 fully saturated rings. The van der Waals surface area contributed by atoms with Gasteiger partial charge in [0.1, 0.15) is 12.4 Å². The third-order valence-corrected chi connectivity index (χ3v) is 10.6. The summed E-state index contributed by atoms with van der Waals surface area (Å²) in [5.41, 5.74) is 3.15. The Kier molecular flexibility index (Phi) is 8.45. The molecule has 2 aliphatic heterocycles. The predicted octanol–water partition coefficient (Wildman–Crippen LogP) is 5.47. The molecule has 2 aromatic carbocycles. The van der Waals surface area contributed by atoms with Gasteiger partial charge in [0.2, 0.25) is 10.0 Å². The minimum Gasteiger partial charge on any atom is -0.487 e. The molecule has 39 heavy (non-hydrogen) atoms. The molecule has 0 saturated heterocycles. The van der Waals surface area contributed by atoms with Gasteiger partial charge in [-0.2, -0.15) is 0 Å². The summed E-state index contributed by atoms with van der Waals surface area (Å²) in [5.74, 6) is 0.230. The van der Waals surface area contributed by atoms with Gasteiger partial charge in [-0.05, 0) is 97.7 Å². The number of fused-ring (bicyclic) bond motifs is 3. The van der Waals surface area contributed by atoms with Gasteiger partial charge in [-0.3, -0.25) is 4.79 Å². The van der Waals surface area contributed by atoms with Crippen LogP contribution in [0.3, 0.4) is 0 Å². The zero-order valence-electron chi connectivity index (χ0n) is 22.6. The summed E-state index contributed by atoms with van der Waals surface area (Å²) in [7, 11) is -3.76. The maximum atomic E-state index is 13.1. The largest absolute Gasteiger partial charge is 0.487 e. The molecule has 9 heteroatoms. The van der Waals surface area contributed by atoms with Gasteiger partial charge < -0.3 is 14.7 Å². The second kappa shape index (κ2) is 11.7. The van der Waals surface area contributed by atoms with Crippen LogP contribution in [0.5, 0.6) is 5.75 Å². The molecule has 2 aromatic rings. The number of amides is 1. The number of sulfonamides is 1. The molecule has 2 heterocycles. The zero-order chi connectivity index (χ0) is 27.6. The fraction of sp³-hybridized carbons (Fsp3) is 0.567. The Hall–Kier alpha value is -2.29.